The van der Waals surface area contributed by atoms with E-state index >= 15 is 0 Å². The van der Waals surface area contributed by atoms with Gasteiger partial charge in [-0.2, -0.15) is 10.5 Å². The second-order valence-electron chi connectivity index (χ2n) is 8.48. The first-order valence-corrected chi connectivity index (χ1v) is 11.5. The Balaban J connectivity index is 1.79. The van der Waals surface area contributed by atoms with Gasteiger partial charge in [0.1, 0.15) is 16.8 Å². The van der Waals surface area contributed by atoms with Gasteiger partial charge < -0.3 is 4.90 Å². The molecule has 4 nitrogen and oxygen atoms in total. The molecule has 0 amide bonds. The van der Waals surface area contributed by atoms with Crippen LogP contribution in [0.3, 0.4) is 0 Å². The first-order valence-electron chi connectivity index (χ1n) is 10.7. The molecular weight excluding hydrogens is 412 g/mol. The molecule has 0 saturated carbocycles. The standard InChI is InChI=1S/C27H22N4S/c1-27-14-8-11-19(25(27)31(2)22-13-7-6-12-21(22)27)15-23-24(18-9-4-3-5-10-18)30-26(32-23)20(16-28)17-29/h3-7,9-10,12-13,15H,8,11,14H2,1-2H3. The highest BCUT2D eigenvalue weighted by Crippen LogP contribution is 2.53. The molecule has 1 atom stereocenters. The van der Waals surface area contributed by atoms with E-state index < -0.39 is 0 Å². The highest BCUT2D eigenvalue weighted by atomic mass is 32.1. The Bertz CT molecular complexity index is 1430. The van der Waals surface area contributed by atoms with Gasteiger partial charge in [0.2, 0.25) is 0 Å². The Morgan fingerprint density at radius 2 is 1.81 bits per heavy atom. The second kappa shape index (κ2) is 7.79. The molecule has 2 aliphatic rings. The molecule has 0 N–H and O–H groups in total. The number of para-hydroxylation sites is 1. The molecule has 2 aromatic carbocycles. The van der Waals surface area contributed by atoms with Crippen molar-refractivity contribution < 1.29 is 0 Å². The number of likely N-dealkylation sites (N-methyl/N-ethyl adjacent to an activating group) is 1. The molecule has 1 unspecified atom stereocenters. The highest BCUT2D eigenvalue weighted by Gasteiger charge is 2.44. The van der Waals surface area contributed by atoms with Crippen LogP contribution in [0.25, 0.3) is 22.9 Å². The topological polar surface area (TPSA) is 63.7 Å². The van der Waals surface area contributed by atoms with Gasteiger partial charge in [-0.05, 0) is 49.5 Å². The zero-order valence-corrected chi connectivity index (χ0v) is 18.9. The van der Waals surface area contributed by atoms with Crippen LogP contribution in [0.4, 0.5) is 5.69 Å². The van der Waals surface area contributed by atoms with E-state index in [2.05, 4.69) is 49.2 Å². The number of allylic oxidation sites excluding steroid dienone is 2. The molecule has 0 radical (unpaired) electrons. The molecule has 1 aliphatic heterocycles. The van der Waals surface area contributed by atoms with E-state index in [-0.39, 0.29) is 11.0 Å². The van der Waals surface area contributed by atoms with Crippen LogP contribution >= 0.6 is 11.3 Å². The number of fused-ring (bicyclic) bond motifs is 3. The zero-order valence-electron chi connectivity index (χ0n) is 18.1. The number of nitrogens with zero attached hydrogens (tertiary/aromatic N) is 4. The fourth-order valence-electron chi connectivity index (χ4n) is 5.18. The average Bonchev–Trinajstić information content (AvgIpc) is 3.33. The first kappa shape index (κ1) is 20.2. The van der Waals surface area contributed by atoms with Crippen LogP contribution in [0.5, 0.6) is 0 Å². The Morgan fingerprint density at radius 1 is 1.09 bits per heavy atom. The zero-order chi connectivity index (χ0) is 22.3. The molecule has 1 aliphatic carbocycles. The van der Waals surface area contributed by atoms with Crippen molar-refractivity contribution in [3.05, 3.63) is 80.6 Å². The molecule has 1 aromatic heterocycles. The molecular formula is C27H22N4S. The minimum absolute atomic E-state index is 0.00749. The van der Waals surface area contributed by atoms with Gasteiger partial charge >= 0.3 is 0 Å². The summed E-state index contributed by atoms with van der Waals surface area (Å²) < 4.78 is 1.47. The highest BCUT2D eigenvalue weighted by molar-refractivity contribution is 7.08. The maximum absolute atomic E-state index is 9.39. The summed E-state index contributed by atoms with van der Waals surface area (Å²) in [5.41, 5.74) is 7.19. The predicted octanol–water partition coefficient (Wildman–Crippen LogP) is 4.63. The van der Waals surface area contributed by atoms with E-state index in [9.17, 15) is 10.5 Å². The molecule has 0 bridgehead atoms. The van der Waals surface area contributed by atoms with E-state index in [1.807, 2.05) is 42.5 Å². The third-order valence-electron chi connectivity index (χ3n) is 6.59. The number of hydrogen-bond donors (Lipinski definition) is 0. The lowest BCUT2D eigenvalue weighted by Crippen LogP contribution is -2.30. The van der Waals surface area contributed by atoms with Crippen molar-refractivity contribution in [2.75, 3.05) is 11.9 Å². The van der Waals surface area contributed by atoms with Gasteiger partial charge in [0.25, 0.3) is 0 Å². The summed E-state index contributed by atoms with van der Waals surface area (Å²) in [6.45, 7) is 2.35. The third-order valence-corrected chi connectivity index (χ3v) is 7.61. The summed E-state index contributed by atoms with van der Waals surface area (Å²) in [5, 5.41) is 18.8. The van der Waals surface area contributed by atoms with Crippen molar-refractivity contribution in [2.45, 2.75) is 31.6 Å². The van der Waals surface area contributed by atoms with Crippen molar-refractivity contribution >= 4 is 28.7 Å². The van der Waals surface area contributed by atoms with Crippen molar-refractivity contribution in [3.8, 4) is 23.4 Å². The van der Waals surface area contributed by atoms with Gasteiger partial charge in [0.15, 0.2) is 5.57 Å². The molecule has 3 aromatic rings. The molecule has 0 spiro atoms. The Hall–Kier alpha value is -3.67. The van der Waals surface area contributed by atoms with E-state index in [4.69, 9.17) is 4.98 Å². The Morgan fingerprint density at radius 3 is 2.56 bits per heavy atom. The van der Waals surface area contributed by atoms with Gasteiger partial charge in [-0.1, -0.05) is 48.5 Å². The molecule has 156 valence electrons. The van der Waals surface area contributed by atoms with Crippen molar-refractivity contribution in [1.82, 2.24) is 4.98 Å². The van der Waals surface area contributed by atoms with Crippen LogP contribution < -0.4 is 14.1 Å². The van der Waals surface area contributed by atoms with Gasteiger partial charge in [-0.25, -0.2) is 4.98 Å². The monoisotopic (exact) mass is 434 g/mol. The molecule has 32 heavy (non-hydrogen) atoms. The molecule has 0 saturated heterocycles. The summed E-state index contributed by atoms with van der Waals surface area (Å²) in [6, 6.07) is 22.7. The molecule has 5 rings (SSSR count). The predicted molar refractivity (Wildman–Crippen MR) is 129 cm³/mol. The van der Waals surface area contributed by atoms with E-state index in [0.717, 1.165) is 35.1 Å². The van der Waals surface area contributed by atoms with Gasteiger partial charge in [-0.15, -0.1) is 11.3 Å². The fraction of sp³-hybridized carbons (Fsp3) is 0.222. The summed E-state index contributed by atoms with van der Waals surface area (Å²) in [5.74, 6) is 0. The lowest BCUT2D eigenvalue weighted by molar-refractivity contribution is 0.469. The van der Waals surface area contributed by atoms with Gasteiger partial charge in [0, 0.05) is 29.4 Å². The summed E-state index contributed by atoms with van der Waals surface area (Å²) >= 11 is 1.42. The summed E-state index contributed by atoms with van der Waals surface area (Å²) in [7, 11) is 2.16. The summed E-state index contributed by atoms with van der Waals surface area (Å²) in [4.78, 5) is 7.06. The number of benzene rings is 2. The Kier molecular flexibility index (Phi) is 4.93. The van der Waals surface area contributed by atoms with Crippen LogP contribution in [-0.4, -0.2) is 12.0 Å². The van der Waals surface area contributed by atoms with Crippen LogP contribution in [-0.2, 0) is 5.41 Å². The maximum Gasteiger partial charge on any atom is 0.165 e. The van der Waals surface area contributed by atoms with Crippen LogP contribution in [0.15, 0.2) is 65.9 Å². The Labute approximate surface area is 191 Å². The molecule has 2 heterocycles. The number of hydrogen-bond acceptors (Lipinski definition) is 5. The SMILES string of the molecule is CN1C2=C(C=c3sc(=C(C#N)C#N)nc3-c3ccccc3)CCCC2(C)c2ccccc21. The fourth-order valence-corrected chi connectivity index (χ4v) is 6.18. The largest absolute Gasteiger partial charge is 0.347 e. The smallest absolute Gasteiger partial charge is 0.165 e. The normalized spacial score (nSPS) is 19.9. The quantitative estimate of drug-likeness (QED) is 0.590. The molecule has 5 heteroatoms. The summed E-state index contributed by atoms with van der Waals surface area (Å²) in [6.07, 6.45) is 5.48. The van der Waals surface area contributed by atoms with Crippen molar-refractivity contribution in [2.24, 2.45) is 0 Å². The number of nitriles is 2. The number of rotatable bonds is 2. The maximum atomic E-state index is 9.39. The van der Waals surface area contributed by atoms with Crippen LogP contribution in [0.2, 0.25) is 0 Å². The van der Waals surface area contributed by atoms with Crippen LogP contribution in [0, 0.1) is 22.7 Å². The van der Waals surface area contributed by atoms with Gasteiger partial charge in [-0.3, -0.25) is 0 Å². The lowest BCUT2D eigenvalue weighted by atomic mass is 9.72. The minimum Gasteiger partial charge on any atom is -0.347 e. The lowest BCUT2D eigenvalue weighted by Gasteiger charge is -2.34. The number of thiazole rings is 1. The average molecular weight is 435 g/mol. The molecule has 0 fully saturated rings. The van der Waals surface area contributed by atoms with Crippen molar-refractivity contribution in [1.29, 1.82) is 10.5 Å². The van der Waals surface area contributed by atoms with Crippen LogP contribution in [0.1, 0.15) is 31.7 Å². The first-order chi connectivity index (χ1) is 15.6. The minimum atomic E-state index is -0.00749. The van der Waals surface area contributed by atoms with Gasteiger partial charge in [0.05, 0.1) is 10.2 Å². The van der Waals surface area contributed by atoms with E-state index in [1.165, 1.54) is 33.9 Å². The number of anilines is 1. The van der Waals surface area contributed by atoms with E-state index in [1.54, 1.807) is 0 Å². The second-order valence-corrected chi connectivity index (χ2v) is 9.51. The number of aromatic nitrogens is 1. The third kappa shape index (κ3) is 3.06. The van der Waals surface area contributed by atoms with Crippen molar-refractivity contribution in [3.63, 3.8) is 0 Å². The van der Waals surface area contributed by atoms with E-state index in [0.29, 0.717) is 4.66 Å².